The summed E-state index contributed by atoms with van der Waals surface area (Å²) in [4.78, 5) is 16.7. The molecule has 11 heteroatoms. The number of fused-ring (bicyclic) bond motifs is 1. The van der Waals surface area contributed by atoms with Gasteiger partial charge in [-0.05, 0) is 29.8 Å². The van der Waals surface area contributed by atoms with Crippen molar-refractivity contribution in [1.82, 2.24) is 14.8 Å². The average molecular weight is 452 g/mol. The number of aromatic nitrogens is 3. The van der Waals surface area contributed by atoms with Crippen LogP contribution in [-0.2, 0) is 0 Å². The molecule has 0 unspecified atom stereocenters. The van der Waals surface area contributed by atoms with Crippen molar-refractivity contribution in [2.75, 3.05) is 17.7 Å². The van der Waals surface area contributed by atoms with Crippen molar-refractivity contribution in [1.29, 1.82) is 0 Å². The number of nitrogens with zero attached hydrogens (tertiary/aromatic N) is 3. The molecular weight excluding hydrogens is 435 g/mol. The molecule has 0 saturated heterocycles. The molecule has 1 amide bonds. The molecule has 1 aliphatic rings. The molecule has 1 aromatic carbocycles. The Hall–Kier alpha value is -3.27. The van der Waals surface area contributed by atoms with Crippen LogP contribution in [0.5, 0.6) is 5.75 Å². The van der Waals surface area contributed by atoms with Crippen LogP contribution in [0.25, 0.3) is 0 Å². The maximum absolute atomic E-state index is 13.8. The number of carbonyl (C=O) groups excluding carboxylic acids is 1. The van der Waals surface area contributed by atoms with E-state index in [9.17, 15) is 18.0 Å². The molecule has 1 aliphatic heterocycles. The van der Waals surface area contributed by atoms with Crippen LogP contribution in [0.1, 0.15) is 34.4 Å². The smallest absolute Gasteiger partial charge is 0.410 e. The van der Waals surface area contributed by atoms with E-state index in [-0.39, 0.29) is 28.6 Å². The van der Waals surface area contributed by atoms with E-state index in [0.29, 0.717) is 11.3 Å². The second-order valence-electron chi connectivity index (χ2n) is 6.91. The quantitative estimate of drug-likeness (QED) is 0.554. The molecule has 0 aliphatic carbocycles. The van der Waals surface area contributed by atoms with Crippen LogP contribution in [0.3, 0.4) is 0 Å². The van der Waals surface area contributed by atoms with Gasteiger partial charge in [0.25, 0.3) is 5.91 Å². The largest absolute Gasteiger partial charge is 0.497 e. The summed E-state index contributed by atoms with van der Waals surface area (Å²) >= 11 is 5.96. The summed E-state index contributed by atoms with van der Waals surface area (Å²) in [5.74, 6) is -0.166. The summed E-state index contributed by atoms with van der Waals surface area (Å²) in [6.07, 6.45) is -2.29. The zero-order chi connectivity index (χ0) is 22.2. The fraction of sp³-hybridized carbons (Fsp3) is 0.250. The molecule has 7 nitrogen and oxygen atoms in total. The molecule has 0 saturated carbocycles. The highest BCUT2D eigenvalue weighted by molar-refractivity contribution is 6.32. The number of rotatable bonds is 4. The summed E-state index contributed by atoms with van der Waals surface area (Å²) in [6, 6.07) is 7.26. The third-order valence-corrected chi connectivity index (χ3v) is 5.29. The minimum atomic E-state index is -4.56. The highest BCUT2D eigenvalue weighted by Gasteiger charge is 2.47. The first-order valence-corrected chi connectivity index (χ1v) is 9.62. The highest BCUT2D eigenvalue weighted by Crippen LogP contribution is 2.44. The number of ether oxygens (including phenoxy) is 1. The van der Waals surface area contributed by atoms with Crippen LogP contribution in [0, 0.1) is 0 Å². The van der Waals surface area contributed by atoms with Crippen molar-refractivity contribution < 1.29 is 22.7 Å². The Morgan fingerprint density at radius 2 is 2.13 bits per heavy atom. The standard InChI is InChI=1S/C20H17ClF3N5O2/c1-31-12-5-2-4-11(8-12)15-9-16(20(22,23)24)29-18(27-15)13(10-26-29)19(30)28-14-6-3-7-25-17(14)21/h2-8,10,15-16,27H,9H2,1H3,(H,28,30)/t15-,16-/m0/s1. The van der Waals surface area contributed by atoms with E-state index < -0.39 is 24.2 Å². The van der Waals surface area contributed by atoms with Crippen molar-refractivity contribution in [3.63, 3.8) is 0 Å². The lowest BCUT2D eigenvalue weighted by Gasteiger charge is -2.34. The number of nitrogens with one attached hydrogen (secondary N) is 2. The number of hydrogen-bond acceptors (Lipinski definition) is 5. The number of benzene rings is 1. The van der Waals surface area contributed by atoms with Gasteiger partial charge in [-0.25, -0.2) is 9.67 Å². The van der Waals surface area contributed by atoms with Gasteiger partial charge < -0.3 is 15.4 Å². The van der Waals surface area contributed by atoms with E-state index in [2.05, 4.69) is 20.7 Å². The molecule has 4 rings (SSSR count). The summed E-state index contributed by atoms with van der Waals surface area (Å²) in [5.41, 5.74) is 0.797. The number of pyridine rings is 1. The second-order valence-corrected chi connectivity index (χ2v) is 7.27. The zero-order valence-corrected chi connectivity index (χ0v) is 16.9. The Morgan fingerprint density at radius 3 is 2.84 bits per heavy atom. The molecule has 162 valence electrons. The minimum Gasteiger partial charge on any atom is -0.497 e. The first-order valence-electron chi connectivity index (χ1n) is 9.24. The average Bonchev–Trinajstić information content (AvgIpc) is 3.18. The van der Waals surface area contributed by atoms with Crippen LogP contribution in [-0.4, -0.2) is 34.0 Å². The third kappa shape index (κ3) is 4.15. The van der Waals surface area contributed by atoms with E-state index in [1.807, 2.05) is 0 Å². The molecule has 3 heterocycles. The first kappa shape index (κ1) is 21.0. The van der Waals surface area contributed by atoms with Gasteiger partial charge in [-0.15, -0.1) is 0 Å². The van der Waals surface area contributed by atoms with E-state index in [1.165, 1.54) is 19.4 Å². The molecule has 0 radical (unpaired) electrons. The van der Waals surface area contributed by atoms with Crippen LogP contribution >= 0.6 is 11.6 Å². The summed E-state index contributed by atoms with van der Waals surface area (Å²) in [6.45, 7) is 0. The molecule has 0 bridgehead atoms. The van der Waals surface area contributed by atoms with Crippen molar-refractivity contribution in [3.05, 3.63) is 65.1 Å². The normalized spacial score (nSPS) is 18.1. The van der Waals surface area contributed by atoms with E-state index in [4.69, 9.17) is 16.3 Å². The Bertz CT molecular complexity index is 1120. The predicted molar refractivity (Wildman–Crippen MR) is 108 cm³/mol. The molecular formula is C20H17ClF3N5O2. The monoisotopic (exact) mass is 451 g/mol. The Balaban J connectivity index is 1.71. The maximum atomic E-state index is 13.8. The number of anilines is 2. The lowest BCUT2D eigenvalue weighted by molar-refractivity contribution is -0.173. The number of methoxy groups -OCH3 is 1. The Kier molecular flexibility index (Phi) is 5.48. The van der Waals surface area contributed by atoms with E-state index in [0.717, 1.165) is 10.9 Å². The van der Waals surface area contributed by atoms with Crippen molar-refractivity contribution >= 4 is 29.0 Å². The second kappa shape index (κ2) is 8.10. The van der Waals surface area contributed by atoms with Gasteiger partial charge >= 0.3 is 6.18 Å². The zero-order valence-electron chi connectivity index (χ0n) is 16.2. The molecule has 2 atom stereocenters. The maximum Gasteiger partial charge on any atom is 0.410 e. The molecule has 0 fully saturated rings. The number of alkyl halides is 3. The minimum absolute atomic E-state index is 0.0288. The summed E-state index contributed by atoms with van der Waals surface area (Å²) in [7, 11) is 1.48. The van der Waals surface area contributed by atoms with Gasteiger partial charge in [0.05, 0.1) is 25.0 Å². The lowest BCUT2D eigenvalue weighted by Crippen LogP contribution is -2.36. The van der Waals surface area contributed by atoms with Crippen molar-refractivity contribution in [2.45, 2.75) is 24.7 Å². The van der Waals surface area contributed by atoms with Crippen LogP contribution in [0.2, 0.25) is 5.15 Å². The van der Waals surface area contributed by atoms with Crippen LogP contribution < -0.4 is 15.4 Å². The van der Waals surface area contributed by atoms with E-state index in [1.54, 1.807) is 30.3 Å². The molecule has 0 spiro atoms. The Morgan fingerprint density at radius 1 is 1.32 bits per heavy atom. The predicted octanol–water partition coefficient (Wildman–Crippen LogP) is 4.85. The van der Waals surface area contributed by atoms with Gasteiger partial charge in [0.2, 0.25) is 0 Å². The Labute approximate surface area is 180 Å². The van der Waals surface area contributed by atoms with Gasteiger partial charge in [-0.1, -0.05) is 23.7 Å². The fourth-order valence-corrected chi connectivity index (χ4v) is 3.64. The van der Waals surface area contributed by atoms with Crippen LogP contribution in [0.15, 0.2) is 48.8 Å². The van der Waals surface area contributed by atoms with Gasteiger partial charge in [0, 0.05) is 12.6 Å². The topological polar surface area (TPSA) is 81.1 Å². The molecule has 31 heavy (non-hydrogen) atoms. The van der Waals surface area contributed by atoms with Crippen molar-refractivity contribution in [2.24, 2.45) is 0 Å². The number of hydrogen-bond donors (Lipinski definition) is 2. The highest BCUT2D eigenvalue weighted by atomic mass is 35.5. The lowest BCUT2D eigenvalue weighted by atomic mass is 9.96. The van der Waals surface area contributed by atoms with Crippen molar-refractivity contribution in [3.8, 4) is 5.75 Å². The third-order valence-electron chi connectivity index (χ3n) is 4.99. The number of carbonyl (C=O) groups is 1. The van der Waals surface area contributed by atoms with Gasteiger partial charge in [-0.2, -0.15) is 18.3 Å². The first-order chi connectivity index (χ1) is 14.8. The molecule has 2 aromatic heterocycles. The number of amides is 1. The van der Waals surface area contributed by atoms with Gasteiger partial charge in [0.1, 0.15) is 17.1 Å². The van der Waals surface area contributed by atoms with Crippen LogP contribution in [0.4, 0.5) is 24.7 Å². The SMILES string of the molecule is COc1cccc([C@@H]2C[C@@H](C(F)(F)F)n3ncc(C(=O)Nc4cccnc4Cl)c3N2)c1. The number of halogens is 4. The van der Waals surface area contributed by atoms with Gasteiger partial charge in [0.15, 0.2) is 11.2 Å². The summed E-state index contributed by atoms with van der Waals surface area (Å²) < 4.78 is 47.5. The fourth-order valence-electron chi connectivity index (χ4n) is 3.47. The van der Waals surface area contributed by atoms with E-state index >= 15 is 0 Å². The molecule has 2 N–H and O–H groups in total. The summed E-state index contributed by atoms with van der Waals surface area (Å²) in [5, 5.41) is 9.51. The van der Waals surface area contributed by atoms with Gasteiger partial charge in [-0.3, -0.25) is 4.79 Å². The molecule has 3 aromatic rings.